The van der Waals surface area contributed by atoms with Gasteiger partial charge in [-0.25, -0.2) is 4.99 Å². The molecule has 0 aliphatic carbocycles. The quantitative estimate of drug-likeness (QED) is 0.203. The highest BCUT2D eigenvalue weighted by Gasteiger charge is 2.32. The van der Waals surface area contributed by atoms with Crippen molar-refractivity contribution in [1.82, 2.24) is 4.57 Å². The predicted molar refractivity (Wildman–Crippen MR) is 156 cm³/mol. The molecule has 0 bridgehead atoms. The van der Waals surface area contributed by atoms with Gasteiger partial charge >= 0.3 is 0 Å². The number of nitrogens with zero attached hydrogens (tertiary/aromatic N) is 2. The number of aromatic hydroxyl groups is 1. The van der Waals surface area contributed by atoms with Crippen molar-refractivity contribution in [2.45, 2.75) is 39.5 Å². The monoisotopic (exact) mass is 622 g/mol. The second kappa shape index (κ2) is 10.8. The number of unbranched alkanes of at least 4 members (excludes halogenated alkanes) is 1. The van der Waals surface area contributed by atoms with Crippen LogP contribution in [-0.4, -0.2) is 27.8 Å². The van der Waals surface area contributed by atoms with E-state index in [1.54, 1.807) is 6.07 Å². The summed E-state index contributed by atoms with van der Waals surface area (Å²) in [4.78, 5) is 18.0. The molecule has 3 aromatic carbocycles. The first-order valence-corrected chi connectivity index (χ1v) is 14.2. The van der Waals surface area contributed by atoms with E-state index in [4.69, 9.17) is 4.74 Å². The van der Waals surface area contributed by atoms with Crippen molar-refractivity contribution in [2.75, 3.05) is 6.61 Å². The van der Waals surface area contributed by atoms with Crippen molar-refractivity contribution in [3.8, 4) is 17.2 Å². The Hall–Kier alpha value is -2.90. The van der Waals surface area contributed by atoms with Crippen LogP contribution >= 0.6 is 31.9 Å². The third kappa shape index (κ3) is 4.99. The maximum atomic E-state index is 13.4. The molecular formula is C30H28Br2N2O3. The fraction of sp³-hybridized carbons (Fsp3) is 0.267. The number of fused-ring (bicyclic) bond motifs is 2. The Morgan fingerprint density at radius 3 is 2.46 bits per heavy atom. The fourth-order valence-corrected chi connectivity index (χ4v) is 5.48. The topological polar surface area (TPSA) is 63.8 Å². The number of halogens is 2. The van der Waals surface area contributed by atoms with Gasteiger partial charge in [0.1, 0.15) is 17.2 Å². The number of rotatable bonds is 9. The summed E-state index contributed by atoms with van der Waals surface area (Å²) in [5.74, 6) is 1.16. The van der Waals surface area contributed by atoms with E-state index in [0.717, 1.165) is 32.3 Å². The molecule has 1 aliphatic rings. The zero-order valence-corrected chi connectivity index (χ0v) is 24.0. The average molecular weight is 624 g/mol. The molecule has 7 heteroatoms. The number of aliphatic imine (C=N–C) groups is 1. The molecule has 1 atom stereocenters. The van der Waals surface area contributed by atoms with Crippen molar-refractivity contribution in [1.29, 1.82) is 0 Å². The summed E-state index contributed by atoms with van der Waals surface area (Å²) in [6.07, 6.45) is 4.68. The number of aromatic nitrogens is 1. The largest absolute Gasteiger partial charge is 0.505 e. The summed E-state index contributed by atoms with van der Waals surface area (Å²) >= 11 is 7.01. The van der Waals surface area contributed by atoms with Crippen LogP contribution in [0, 0.1) is 5.92 Å². The number of carbonyl (C=O) groups is 1. The molecule has 4 aromatic rings. The molecule has 1 unspecified atom stereocenters. The maximum absolute atomic E-state index is 13.4. The van der Waals surface area contributed by atoms with E-state index >= 15 is 0 Å². The molecule has 2 heterocycles. The van der Waals surface area contributed by atoms with Crippen molar-refractivity contribution >= 4 is 59.9 Å². The first-order chi connectivity index (χ1) is 17.9. The van der Waals surface area contributed by atoms with Crippen molar-refractivity contribution < 1.29 is 14.6 Å². The van der Waals surface area contributed by atoms with Crippen LogP contribution in [0.2, 0.25) is 0 Å². The molecule has 5 rings (SSSR count). The van der Waals surface area contributed by atoms with Crippen LogP contribution < -0.4 is 4.74 Å². The van der Waals surface area contributed by atoms with Crippen molar-refractivity contribution in [2.24, 2.45) is 10.9 Å². The average Bonchev–Trinajstić information content (AvgIpc) is 3.36. The highest BCUT2D eigenvalue weighted by molar-refractivity contribution is 9.10. The number of benzene rings is 3. The lowest BCUT2D eigenvalue weighted by atomic mass is 10.0. The minimum atomic E-state index is -0.210. The minimum Gasteiger partial charge on any atom is -0.505 e. The van der Waals surface area contributed by atoms with E-state index in [2.05, 4.69) is 50.7 Å². The Morgan fingerprint density at radius 1 is 1.00 bits per heavy atom. The van der Waals surface area contributed by atoms with Crippen LogP contribution in [0.5, 0.6) is 11.5 Å². The van der Waals surface area contributed by atoms with E-state index in [9.17, 15) is 9.90 Å². The van der Waals surface area contributed by atoms with E-state index < -0.39 is 0 Å². The highest BCUT2D eigenvalue weighted by atomic mass is 79.9. The Labute approximate surface area is 233 Å². The molecule has 0 saturated carbocycles. The highest BCUT2D eigenvalue weighted by Crippen LogP contribution is 2.40. The van der Waals surface area contributed by atoms with Crippen molar-refractivity contribution in [3.05, 3.63) is 80.9 Å². The molecule has 0 saturated heterocycles. The van der Waals surface area contributed by atoms with Gasteiger partial charge in [0.2, 0.25) is 5.78 Å². The zero-order valence-electron chi connectivity index (χ0n) is 20.8. The minimum absolute atomic E-state index is 0.0310. The molecule has 1 aliphatic heterocycles. The second-order valence-corrected chi connectivity index (χ2v) is 11.2. The first-order valence-electron chi connectivity index (χ1n) is 12.6. The molecule has 0 radical (unpaired) electrons. The zero-order chi connectivity index (χ0) is 26.1. The van der Waals surface area contributed by atoms with Gasteiger partial charge in [-0.15, -0.1) is 0 Å². The summed E-state index contributed by atoms with van der Waals surface area (Å²) in [5.41, 5.74) is 3.28. The van der Waals surface area contributed by atoms with Crippen LogP contribution in [-0.2, 0) is 0 Å². The maximum Gasteiger partial charge on any atom is 0.215 e. The lowest BCUT2D eigenvalue weighted by Gasteiger charge is -2.16. The van der Waals surface area contributed by atoms with Gasteiger partial charge in [-0.3, -0.25) is 4.79 Å². The smallest absolute Gasteiger partial charge is 0.215 e. The molecule has 1 N–H and O–H groups in total. The van der Waals surface area contributed by atoms with Gasteiger partial charge < -0.3 is 14.4 Å². The second-order valence-electron chi connectivity index (χ2n) is 9.37. The molecular weight excluding hydrogens is 596 g/mol. The van der Waals surface area contributed by atoms with Crippen molar-refractivity contribution in [3.63, 3.8) is 0 Å². The number of ketones is 1. The predicted octanol–water partition coefficient (Wildman–Crippen LogP) is 8.77. The molecule has 5 nitrogen and oxygen atoms in total. The lowest BCUT2D eigenvalue weighted by Crippen LogP contribution is -2.16. The molecule has 190 valence electrons. The van der Waals surface area contributed by atoms with Gasteiger partial charge in [0.25, 0.3) is 0 Å². The Kier molecular flexibility index (Phi) is 7.54. The molecule has 0 spiro atoms. The van der Waals surface area contributed by atoms with Gasteiger partial charge in [0.15, 0.2) is 5.75 Å². The van der Waals surface area contributed by atoms with Gasteiger partial charge in [0.05, 0.1) is 23.4 Å². The Balaban J connectivity index is 1.55. The molecule has 1 aromatic heterocycles. The normalized spacial score (nSPS) is 13.6. The molecule has 37 heavy (non-hydrogen) atoms. The van der Waals surface area contributed by atoms with E-state index in [0.29, 0.717) is 34.9 Å². The van der Waals surface area contributed by atoms with Crippen LogP contribution in [0.3, 0.4) is 0 Å². The summed E-state index contributed by atoms with van der Waals surface area (Å²) in [6, 6.07) is 18.8. The number of hydrogen-bond acceptors (Lipinski definition) is 4. The van der Waals surface area contributed by atoms with Gasteiger partial charge in [-0.1, -0.05) is 65.0 Å². The third-order valence-electron chi connectivity index (χ3n) is 6.90. The summed E-state index contributed by atoms with van der Waals surface area (Å²) < 4.78 is 9.72. The van der Waals surface area contributed by atoms with E-state index in [1.165, 1.54) is 19.3 Å². The Bertz CT molecular complexity index is 1510. The van der Waals surface area contributed by atoms with Crippen LogP contribution in [0.1, 0.15) is 55.6 Å². The van der Waals surface area contributed by atoms with Gasteiger partial charge in [-0.2, -0.15) is 0 Å². The van der Waals surface area contributed by atoms with Gasteiger partial charge in [0, 0.05) is 20.0 Å². The SMILES string of the molecule is CCCCC(CC)COc1ccc(-n2c(C3=Nc4cc(Br)ccc4C3=O)c(O)c3ccc(Br)cc32)cc1. The standard InChI is InChI=1S/C30H28Br2N2O3/c1-3-5-6-18(4-2)17-37-22-11-9-21(10-12-22)34-26-16-20(32)8-14-24(26)30(36)28(34)27-29(35)23-13-7-19(31)15-25(23)33-27/h7-16,18,36H,3-6,17H2,1-2H3. The molecule has 0 amide bonds. The number of ether oxygens (including phenoxy) is 1. The first kappa shape index (κ1) is 25.7. The fourth-order valence-electron chi connectivity index (χ4n) is 4.78. The third-order valence-corrected chi connectivity index (χ3v) is 7.89. The number of Topliss-reactive ketones (excluding diaryl/α,β-unsaturated/α-hetero) is 1. The van der Waals surface area contributed by atoms with Gasteiger partial charge in [-0.05, 0) is 73.0 Å². The summed E-state index contributed by atoms with van der Waals surface area (Å²) in [7, 11) is 0. The summed E-state index contributed by atoms with van der Waals surface area (Å²) in [5, 5.41) is 12.0. The molecule has 0 fully saturated rings. The van der Waals surface area contributed by atoms with E-state index in [1.807, 2.05) is 59.2 Å². The van der Waals surface area contributed by atoms with Crippen LogP contribution in [0.4, 0.5) is 5.69 Å². The summed E-state index contributed by atoms with van der Waals surface area (Å²) in [6.45, 7) is 5.12. The Morgan fingerprint density at radius 2 is 1.73 bits per heavy atom. The van der Waals surface area contributed by atoms with E-state index in [-0.39, 0.29) is 17.2 Å². The lowest BCUT2D eigenvalue weighted by molar-refractivity contribution is 0.106. The van der Waals surface area contributed by atoms with Crippen LogP contribution in [0.25, 0.3) is 16.6 Å². The number of hydrogen-bond donors (Lipinski definition) is 1. The van der Waals surface area contributed by atoms with Crippen LogP contribution in [0.15, 0.2) is 74.6 Å². The number of carbonyl (C=O) groups excluding carboxylic acids is 1.